The molecule has 0 radical (unpaired) electrons. The summed E-state index contributed by atoms with van der Waals surface area (Å²) < 4.78 is 0. The fourth-order valence-corrected chi connectivity index (χ4v) is 0.774. The van der Waals surface area contributed by atoms with Crippen LogP contribution in [0.4, 0.5) is 0 Å². The molecule has 0 aliphatic carbocycles. The summed E-state index contributed by atoms with van der Waals surface area (Å²) in [7, 11) is 0. The maximum atomic E-state index is 5.82. The molecule has 0 saturated carbocycles. The minimum atomic E-state index is -0.390. The lowest BCUT2D eigenvalue weighted by Crippen LogP contribution is -2.30. The van der Waals surface area contributed by atoms with Gasteiger partial charge in [-0.2, -0.15) is 0 Å². The molecule has 0 fully saturated rings. The minimum Gasteiger partial charge on any atom is -0.321 e. The van der Waals surface area contributed by atoms with Gasteiger partial charge in [-0.05, 0) is 20.8 Å². The fourth-order valence-electron chi connectivity index (χ4n) is 0.774. The van der Waals surface area contributed by atoms with Crippen molar-refractivity contribution < 1.29 is 0 Å². The lowest BCUT2D eigenvalue weighted by molar-refractivity contribution is 0.530. The van der Waals surface area contributed by atoms with Crippen molar-refractivity contribution in [2.24, 2.45) is 5.73 Å². The van der Waals surface area contributed by atoms with E-state index in [1.807, 2.05) is 20.8 Å². The van der Waals surface area contributed by atoms with Crippen molar-refractivity contribution in [3.63, 3.8) is 0 Å². The Morgan fingerprint density at radius 1 is 1.36 bits per heavy atom. The Labute approximate surface area is 66.7 Å². The molecule has 0 aliphatic heterocycles. The highest BCUT2D eigenvalue weighted by molar-refractivity contribution is 5.09. The Morgan fingerprint density at radius 3 is 2.36 bits per heavy atom. The highest BCUT2D eigenvalue weighted by Gasteiger charge is 2.15. The number of hydrogen-bond donors (Lipinski definition) is 1. The molecule has 3 nitrogen and oxygen atoms in total. The second kappa shape index (κ2) is 2.58. The van der Waals surface area contributed by atoms with Gasteiger partial charge in [0.05, 0.1) is 23.1 Å². The van der Waals surface area contributed by atoms with Gasteiger partial charge in [0.15, 0.2) is 0 Å². The standard InChI is InChI=1S/C8H13N3/c1-6-4-10-5-7(11-6)8(2,3)9/h4-5H,9H2,1-3H3. The quantitative estimate of drug-likeness (QED) is 0.651. The average molecular weight is 151 g/mol. The van der Waals surface area contributed by atoms with Gasteiger partial charge in [0.2, 0.25) is 0 Å². The van der Waals surface area contributed by atoms with Gasteiger partial charge in [0.25, 0.3) is 0 Å². The van der Waals surface area contributed by atoms with Crippen molar-refractivity contribution in [1.29, 1.82) is 0 Å². The Morgan fingerprint density at radius 2 is 2.00 bits per heavy atom. The average Bonchev–Trinajstić information content (AvgIpc) is 1.86. The van der Waals surface area contributed by atoms with Gasteiger partial charge in [-0.25, -0.2) is 0 Å². The van der Waals surface area contributed by atoms with Crippen LogP contribution in [-0.4, -0.2) is 9.97 Å². The highest BCUT2D eigenvalue weighted by atomic mass is 14.9. The zero-order valence-electron chi connectivity index (χ0n) is 7.13. The van der Waals surface area contributed by atoms with Crippen LogP contribution in [0.15, 0.2) is 12.4 Å². The monoisotopic (exact) mass is 151 g/mol. The predicted molar refractivity (Wildman–Crippen MR) is 44.0 cm³/mol. The van der Waals surface area contributed by atoms with E-state index in [-0.39, 0.29) is 5.54 Å². The molecule has 1 rings (SSSR count). The van der Waals surface area contributed by atoms with Crippen molar-refractivity contribution in [3.05, 3.63) is 23.8 Å². The smallest absolute Gasteiger partial charge is 0.0782 e. The molecule has 0 aromatic carbocycles. The maximum Gasteiger partial charge on any atom is 0.0782 e. The molecular weight excluding hydrogens is 138 g/mol. The summed E-state index contributed by atoms with van der Waals surface area (Å²) in [6.45, 7) is 5.73. The number of rotatable bonds is 1. The van der Waals surface area contributed by atoms with Crippen molar-refractivity contribution in [1.82, 2.24) is 9.97 Å². The minimum absolute atomic E-state index is 0.390. The van der Waals surface area contributed by atoms with E-state index in [4.69, 9.17) is 5.73 Å². The van der Waals surface area contributed by atoms with Crippen LogP contribution in [0.25, 0.3) is 0 Å². The number of nitrogens with two attached hydrogens (primary N) is 1. The van der Waals surface area contributed by atoms with Gasteiger partial charge < -0.3 is 5.73 Å². The highest BCUT2D eigenvalue weighted by Crippen LogP contribution is 2.12. The van der Waals surface area contributed by atoms with Crippen molar-refractivity contribution >= 4 is 0 Å². The molecule has 0 unspecified atom stereocenters. The molecule has 1 aromatic rings. The zero-order chi connectivity index (χ0) is 8.48. The molecule has 0 atom stereocenters. The Bertz CT molecular complexity index is 250. The van der Waals surface area contributed by atoms with E-state index < -0.39 is 0 Å². The normalized spacial score (nSPS) is 11.6. The molecule has 1 aromatic heterocycles. The maximum absolute atomic E-state index is 5.82. The first-order valence-corrected chi connectivity index (χ1v) is 3.58. The van der Waals surface area contributed by atoms with E-state index >= 15 is 0 Å². The van der Waals surface area contributed by atoms with E-state index in [1.54, 1.807) is 12.4 Å². The van der Waals surface area contributed by atoms with E-state index in [9.17, 15) is 0 Å². The second-order valence-electron chi connectivity index (χ2n) is 3.27. The molecule has 0 spiro atoms. The summed E-state index contributed by atoms with van der Waals surface area (Å²) >= 11 is 0. The van der Waals surface area contributed by atoms with Gasteiger partial charge >= 0.3 is 0 Å². The molecule has 11 heavy (non-hydrogen) atoms. The van der Waals surface area contributed by atoms with Crippen molar-refractivity contribution in [2.75, 3.05) is 0 Å². The topological polar surface area (TPSA) is 51.8 Å². The molecule has 0 bridgehead atoms. The van der Waals surface area contributed by atoms with Crippen LogP contribution in [0.5, 0.6) is 0 Å². The summed E-state index contributed by atoms with van der Waals surface area (Å²) in [4.78, 5) is 8.27. The fraction of sp³-hybridized carbons (Fsp3) is 0.500. The van der Waals surface area contributed by atoms with E-state index in [1.165, 1.54) is 0 Å². The third-order valence-electron chi connectivity index (χ3n) is 1.42. The van der Waals surface area contributed by atoms with Gasteiger partial charge in [-0.3, -0.25) is 9.97 Å². The lowest BCUT2D eigenvalue weighted by Gasteiger charge is -2.16. The molecule has 1 heterocycles. The Kier molecular flexibility index (Phi) is 1.91. The van der Waals surface area contributed by atoms with Gasteiger partial charge in [-0.15, -0.1) is 0 Å². The van der Waals surface area contributed by atoms with Gasteiger partial charge in [0, 0.05) is 6.20 Å². The van der Waals surface area contributed by atoms with E-state index in [2.05, 4.69) is 9.97 Å². The number of nitrogens with zero attached hydrogens (tertiary/aromatic N) is 2. The summed E-state index contributed by atoms with van der Waals surface area (Å²) in [6.07, 6.45) is 3.42. The molecule has 0 saturated heterocycles. The molecule has 2 N–H and O–H groups in total. The van der Waals surface area contributed by atoms with Crippen molar-refractivity contribution in [3.8, 4) is 0 Å². The molecule has 3 heteroatoms. The van der Waals surface area contributed by atoms with Gasteiger partial charge in [0.1, 0.15) is 0 Å². The van der Waals surface area contributed by atoms with Crippen LogP contribution in [0.3, 0.4) is 0 Å². The largest absolute Gasteiger partial charge is 0.321 e. The SMILES string of the molecule is Cc1cncc(C(C)(C)N)n1. The number of aryl methyl sites for hydroxylation is 1. The van der Waals surface area contributed by atoms with Gasteiger partial charge in [-0.1, -0.05) is 0 Å². The first-order valence-electron chi connectivity index (χ1n) is 3.58. The lowest BCUT2D eigenvalue weighted by atomic mass is 10.0. The van der Waals surface area contributed by atoms with Crippen molar-refractivity contribution in [2.45, 2.75) is 26.3 Å². The number of hydrogen-bond acceptors (Lipinski definition) is 3. The molecular formula is C8H13N3. The van der Waals surface area contributed by atoms with Crippen LogP contribution in [0.2, 0.25) is 0 Å². The van der Waals surface area contributed by atoms with Crippen LogP contribution < -0.4 is 5.73 Å². The summed E-state index contributed by atoms with van der Waals surface area (Å²) in [5.74, 6) is 0. The summed E-state index contributed by atoms with van der Waals surface area (Å²) in [5, 5.41) is 0. The van der Waals surface area contributed by atoms with E-state index in [0.29, 0.717) is 0 Å². The second-order valence-corrected chi connectivity index (χ2v) is 3.27. The predicted octanol–water partition coefficient (Wildman–Crippen LogP) is 0.979. The van der Waals surface area contributed by atoms with Crippen LogP contribution in [-0.2, 0) is 5.54 Å². The Hall–Kier alpha value is -0.960. The first-order chi connectivity index (χ1) is 5.00. The molecule has 60 valence electrons. The molecule has 0 amide bonds. The number of aromatic nitrogens is 2. The van der Waals surface area contributed by atoms with Crippen LogP contribution >= 0.6 is 0 Å². The first kappa shape index (κ1) is 8.14. The van der Waals surface area contributed by atoms with Crippen LogP contribution in [0, 0.1) is 6.92 Å². The molecule has 0 aliphatic rings. The van der Waals surface area contributed by atoms with Crippen LogP contribution in [0.1, 0.15) is 25.2 Å². The van der Waals surface area contributed by atoms with E-state index in [0.717, 1.165) is 11.4 Å². The summed E-state index contributed by atoms with van der Waals surface area (Å²) in [6, 6.07) is 0. The third-order valence-corrected chi connectivity index (χ3v) is 1.42. The summed E-state index contributed by atoms with van der Waals surface area (Å²) in [5.41, 5.74) is 7.17. The Balaban J connectivity index is 3.06. The third kappa shape index (κ3) is 1.98. The zero-order valence-corrected chi connectivity index (χ0v) is 7.13.